The number of rotatable bonds is 5. The van der Waals surface area contributed by atoms with Gasteiger partial charge in [-0.1, -0.05) is 42.5 Å². The maximum absolute atomic E-state index is 13.8. The molecule has 6 rings (SSSR count). The molecule has 0 unspecified atom stereocenters. The number of nitrogens with one attached hydrogen (secondary N) is 2. The van der Waals surface area contributed by atoms with Crippen LogP contribution in [0.3, 0.4) is 0 Å². The third kappa shape index (κ3) is 4.23. The number of nitrogens with zero attached hydrogens (tertiary/aromatic N) is 3. The summed E-state index contributed by atoms with van der Waals surface area (Å²) in [6.45, 7) is 2.85. The number of pyridine rings is 1. The van der Waals surface area contributed by atoms with Crippen LogP contribution in [-0.4, -0.2) is 52.4 Å². The molecule has 0 spiro atoms. The summed E-state index contributed by atoms with van der Waals surface area (Å²) in [5, 5.41) is 6.42. The molecule has 2 saturated heterocycles. The van der Waals surface area contributed by atoms with Crippen LogP contribution in [0.1, 0.15) is 35.8 Å². The Hall–Kier alpha value is -3.75. The molecule has 0 saturated carbocycles. The van der Waals surface area contributed by atoms with Gasteiger partial charge < -0.3 is 15.4 Å². The predicted octanol–water partition coefficient (Wildman–Crippen LogP) is 3.30. The zero-order valence-corrected chi connectivity index (χ0v) is 20.0. The lowest BCUT2D eigenvalue weighted by atomic mass is 10.1. The Bertz CT molecular complexity index is 1430. The first-order valence-electron chi connectivity index (χ1n) is 12.6. The van der Waals surface area contributed by atoms with Gasteiger partial charge in [0, 0.05) is 25.8 Å². The number of imidazole rings is 1. The van der Waals surface area contributed by atoms with Gasteiger partial charge in [0.05, 0.1) is 17.2 Å². The second-order valence-corrected chi connectivity index (χ2v) is 9.45. The number of fused-ring (bicyclic) bond motifs is 1. The van der Waals surface area contributed by atoms with Crippen LogP contribution < -0.4 is 16.3 Å². The highest BCUT2D eigenvalue weighted by Crippen LogP contribution is 2.25. The van der Waals surface area contributed by atoms with E-state index < -0.39 is 0 Å². The molecule has 2 aromatic carbocycles. The van der Waals surface area contributed by atoms with Crippen molar-refractivity contribution in [3.8, 4) is 16.8 Å². The molecule has 36 heavy (non-hydrogen) atoms. The molecule has 8 nitrogen and oxygen atoms in total. The SMILES string of the molecule is O=C(NC1CCOCC1)c1ccc2c(n1)n([C@H]1CCNC1)c(=O)n2-c1ccc(-c2ccccc2)cc1. The molecule has 0 radical (unpaired) electrons. The van der Waals surface area contributed by atoms with E-state index in [0.29, 0.717) is 36.6 Å². The largest absolute Gasteiger partial charge is 0.381 e. The molecule has 2 aliphatic rings. The molecule has 2 fully saturated rings. The molecular weight excluding hydrogens is 454 g/mol. The van der Waals surface area contributed by atoms with E-state index in [1.807, 2.05) is 48.5 Å². The fraction of sp³-hybridized carbons (Fsp3) is 0.321. The first-order valence-corrected chi connectivity index (χ1v) is 12.6. The van der Waals surface area contributed by atoms with Crippen LogP contribution in [0, 0.1) is 0 Å². The molecule has 184 valence electrons. The Balaban J connectivity index is 1.40. The monoisotopic (exact) mass is 483 g/mol. The molecule has 2 aromatic heterocycles. The van der Waals surface area contributed by atoms with E-state index in [-0.39, 0.29) is 23.7 Å². The minimum atomic E-state index is -0.215. The van der Waals surface area contributed by atoms with Crippen molar-refractivity contribution in [2.45, 2.75) is 31.3 Å². The van der Waals surface area contributed by atoms with Crippen LogP contribution >= 0.6 is 0 Å². The number of carbonyl (C=O) groups excluding carboxylic acids is 1. The van der Waals surface area contributed by atoms with Crippen molar-refractivity contribution < 1.29 is 9.53 Å². The van der Waals surface area contributed by atoms with Gasteiger partial charge in [-0.25, -0.2) is 9.78 Å². The number of aromatic nitrogens is 3. The maximum atomic E-state index is 13.8. The van der Waals surface area contributed by atoms with Crippen LogP contribution in [0.25, 0.3) is 28.0 Å². The maximum Gasteiger partial charge on any atom is 0.335 e. The molecule has 4 heterocycles. The Morgan fingerprint density at radius 2 is 1.69 bits per heavy atom. The van der Waals surface area contributed by atoms with Gasteiger partial charge in [0.2, 0.25) is 0 Å². The molecular formula is C28H29N5O3. The summed E-state index contributed by atoms with van der Waals surface area (Å²) in [7, 11) is 0. The summed E-state index contributed by atoms with van der Waals surface area (Å²) in [4.78, 5) is 31.5. The zero-order chi connectivity index (χ0) is 24.5. The second-order valence-electron chi connectivity index (χ2n) is 9.45. The molecule has 1 amide bonds. The number of hydrogen-bond donors (Lipinski definition) is 2. The van der Waals surface area contributed by atoms with Gasteiger partial charge in [-0.3, -0.25) is 13.9 Å². The predicted molar refractivity (Wildman–Crippen MR) is 139 cm³/mol. The Morgan fingerprint density at radius 1 is 0.944 bits per heavy atom. The summed E-state index contributed by atoms with van der Waals surface area (Å²) in [6, 6.07) is 21.8. The lowest BCUT2D eigenvalue weighted by Gasteiger charge is -2.22. The van der Waals surface area contributed by atoms with Crippen LogP contribution in [0.5, 0.6) is 0 Å². The van der Waals surface area contributed by atoms with Crippen molar-refractivity contribution in [2.24, 2.45) is 0 Å². The van der Waals surface area contributed by atoms with Gasteiger partial charge >= 0.3 is 5.69 Å². The van der Waals surface area contributed by atoms with Crippen molar-refractivity contribution in [1.29, 1.82) is 0 Å². The topological polar surface area (TPSA) is 90.2 Å². The summed E-state index contributed by atoms with van der Waals surface area (Å²) in [6.07, 6.45) is 2.43. The Morgan fingerprint density at radius 3 is 2.42 bits per heavy atom. The second kappa shape index (κ2) is 9.72. The number of hydrogen-bond acceptors (Lipinski definition) is 5. The Kier molecular flexibility index (Phi) is 6.13. The van der Waals surface area contributed by atoms with Crippen molar-refractivity contribution >= 4 is 17.1 Å². The fourth-order valence-electron chi connectivity index (χ4n) is 5.19. The molecule has 0 bridgehead atoms. The summed E-state index contributed by atoms with van der Waals surface area (Å²) in [5.74, 6) is -0.215. The van der Waals surface area contributed by atoms with E-state index in [2.05, 4.69) is 22.8 Å². The minimum absolute atomic E-state index is 0.00820. The van der Waals surface area contributed by atoms with Gasteiger partial charge in [-0.05, 0) is 61.2 Å². The van der Waals surface area contributed by atoms with Crippen LogP contribution in [-0.2, 0) is 4.74 Å². The standard InChI is InChI=1S/C28H29N5O3/c34-27(30-21-13-16-36-17-14-21)24-10-11-25-26(31-24)33(23-12-15-29-18-23)28(35)32(25)22-8-6-20(7-9-22)19-4-2-1-3-5-19/h1-11,21,23,29H,12-18H2,(H,30,34)/t23-/m0/s1. The van der Waals surface area contributed by atoms with E-state index >= 15 is 0 Å². The van der Waals surface area contributed by atoms with E-state index in [1.165, 1.54) is 0 Å². The number of amides is 1. The number of benzene rings is 2. The van der Waals surface area contributed by atoms with E-state index in [9.17, 15) is 9.59 Å². The highest BCUT2D eigenvalue weighted by molar-refractivity contribution is 5.94. The molecule has 8 heteroatoms. The average Bonchev–Trinajstić information content (AvgIpc) is 3.55. The quantitative estimate of drug-likeness (QED) is 0.455. The highest BCUT2D eigenvalue weighted by atomic mass is 16.5. The molecule has 0 aliphatic carbocycles. The summed E-state index contributed by atoms with van der Waals surface area (Å²) < 4.78 is 8.85. The third-order valence-corrected chi connectivity index (χ3v) is 7.14. The van der Waals surface area contributed by atoms with Crippen LogP contribution in [0.15, 0.2) is 71.5 Å². The smallest absolute Gasteiger partial charge is 0.335 e. The Labute approximate surface area is 208 Å². The average molecular weight is 484 g/mol. The van der Waals surface area contributed by atoms with E-state index in [1.54, 1.807) is 15.2 Å². The lowest BCUT2D eigenvalue weighted by molar-refractivity contribution is 0.0694. The van der Waals surface area contributed by atoms with Crippen molar-refractivity contribution in [3.05, 3.63) is 82.9 Å². The third-order valence-electron chi connectivity index (χ3n) is 7.14. The van der Waals surface area contributed by atoms with E-state index in [4.69, 9.17) is 9.72 Å². The van der Waals surface area contributed by atoms with Crippen LogP contribution in [0.4, 0.5) is 0 Å². The lowest BCUT2D eigenvalue weighted by Crippen LogP contribution is -2.39. The highest BCUT2D eigenvalue weighted by Gasteiger charge is 2.26. The molecule has 2 N–H and O–H groups in total. The van der Waals surface area contributed by atoms with Gasteiger partial charge in [0.1, 0.15) is 5.69 Å². The van der Waals surface area contributed by atoms with Crippen LogP contribution in [0.2, 0.25) is 0 Å². The molecule has 1 atom stereocenters. The van der Waals surface area contributed by atoms with Crippen molar-refractivity contribution in [1.82, 2.24) is 24.8 Å². The van der Waals surface area contributed by atoms with Gasteiger partial charge in [0.25, 0.3) is 5.91 Å². The van der Waals surface area contributed by atoms with E-state index in [0.717, 1.165) is 42.6 Å². The zero-order valence-electron chi connectivity index (χ0n) is 20.0. The normalized spacial score (nSPS) is 18.5. The van der Waals surface area contributed by atoms with Gasteiger partial charge in [-0.15, -0.1) is 0 Å². The fourth-order valence-corrected chi connectivity index (χ4v) is 5.19. The van der Waals surface area contributed by atoms with Crippen molar-refractivity contribution in [3.63, 3.8) is 0 Å². The van der Waals surface area contributed by atoms with Gasteiger partial charge in [-0.2, -0.15) is 0 Å². The first kappa shape index (κ1) is 22.7. The molecule has 2 aliphatic heterocycles. The summed E-state index contributed by atoms with van der Waals surface area (Å²) in [5.41, 5.74) is 4.41. The van der Waals surface area contributed by atoms with Crippen molar-refractivity contribution in [2.75, 3.05) is 26.3 Å². The number of carbonyl (C=O) groups is 1. The minimum Gasteiger partial charge on any atom is -0.381 e. The first-order chi connectivity index (χ1) is 17.7. The number of ether oxygens (including phenoxy) is 1. The summed E-state index contributed by atoms with van der Waals surface area (Å²) >= 11 is 0. The van der Waals surface area contributed by atoms with Gasteiger partial charge in [0.15, 0.2) is 5.65 Å². The molecule has 4 aromatic rings.